The number of hydrogen-bond acceptors (Lipinski definition) is 3. The molecule has 4 N–H and O–H groups in total. The third-order valence-corrected chi connectivity index (χ3v) is 3.02. The van der Waals surface area contributed by atoms with Gasteiger partial charge in [-0.25, -0.2) is 0 Å². The van der Waals surface area contributed by atoms with Crippen molar-refractivity contribution in [1.29, 1.82) is 0 Å². The van der Waals surface area contributed by atoms with E-state index < -0.39 is 0 Å². The molecule has 90 valence electrons. The minimum absolute atomic E-state index is 0.159. The molecule has 0 saturated heterocycles. The Morgan fingerprint density at radius 2 is 2.06 bits per heavy atom. The highest BCUT2D eigenvalue weighted by Crippen LogP contribution is 2.38. The van der Waals surface area contributed by atoms with Crippen molar-refractivity contribution >= 4 is 17.4 Å². The smallest absolute Gasteiger partial charge is 0.126 e. The molecular weight excluding hydrogens is 238 g/mol. The molecule has 0 aliphatic rings. The number of nitrogens with zero attached hydrogens (tertiary/aromatic N) is 1. The maximum Gasteiger partial charge on any atom is 0.126 e. The summed E-state index contributed by atoms with van der Waals surface area (Å²) in [7, 11) is 0. The molecular formula is C12H14ClN3O. The van der Waals surface area contributed by atoms with Gasteiger partial charge in [-0.05, 0) is 23.6 Å². The number of rotatable bonds is 2. The van der Waals surface area contributed by atoms with Gasteiger partial charge in [-0.3, -0.25) is 5.10 Å². The summed E-state index contributed by atoms with van der Waals surface area (Å²) in [6, 6.07) is 3.39. The maximum atomic E-state index is 10.0. The lowest BCUT2D eigenvalue weighted by Crippen LogP contribution is -1.92. The maximum absolute atomic E-state index is 10.0. The first-order chi connectivity index (χ1) is 8.00. The summed E-state index contributed by atoms with van der Waals surface area (Å²) in [5.41, 5.74) is 7.87. The number of anilines is 1. The van der Waals surface area contributed by atoms with Gasteiger partial charge in [0, 0.05) is 16.1 Å². The van der Waals surface area contributed by atoms with Gasteiger partial charge in [0.1, 0.15) is 11.6 Å². The van der Waals surface area contributed by atoms with Crippen molar-refractivity contribution in [3.05, 3.63) is 28.9 Å². The van der Waals surface area contributed by atoms with Gasteiger partial charge in [-0.1, -0.05) is 25.4 Å². The van der Waals surface area contributed by atoms with Crippen LogP contribution < -0.4 is 5.73 Å². The Bertz CT molecular complexity index is 549. The van der Waals surface area contributed by atoms with E-state index in [1.807, 2.05) is 13.8 Å². The number of phenolic OH excluding ortho intramolecular Hbond substituents is 1. The molecule has 0 amide bonds. The monoisotopic (exact) mass is 251 g/mol. The SMILES string of the molecule is CC(C)c1cc(O)c(-c2cn[nH]c2N)cc1Cl. The van der Waals surface area contributed by atoms with Crippen LogP contribution in [0.3, 0.4) is 0 Å². The van der Waals surface area contributed by atoms with Crippen LogP contribution in [-0.4, -0.2) is 15.3 Å². The number of benzene rings is 1. The fraction of sp³-hybridized carbons (Fsp3) is 0.250. The Morgan fingerprint density at radius 3 is 2.59 bits per heavy atom. The lowest BCUT2D eigenvalue weighted by atomic mass is 9.98. The molecule has 2 rings (SSSR count). The average molecular weight is 252 g/mol. The molecule has 0 atom stereocenters. The predicted molar refractivity (Wildman–Crippen MR) is 69.2 cm³/mol. The van der Waals surface area contributed by atoms with Crippen LogP contribution in [0.15, 0.2) is 18.3 Å². The summed E-state index contributed by atoms with van der Waals surface area (Å²) in [6.07, 6.45) is 1.57. The quantitative estimate of drug-likeness (QED) is 0.768. The third kappa shape index (κ3) is 2.08. The summed E-state index contributed by atoms with van der Waals surface area (Å²) in [4.78, 5) is 0. The highest BCUT2D eigenvalue weighted by Gasteiger charge is 2.14. The first kappa shape index (κ1) is 11.8. The first-order valence-electron chi connectivity index (χ1n) is 5.32. The molecule has 2 aromatic rings. The van der Waals surface area contributed by atoms with Crippen molar-refractivity contribution in [2.24, 2.45) is 0 Å². The lowest BCUT2D eigenvalue weighted by Gasteiger charge is -2.11. The van der Waals surface area contributed by atoms with Crippen LogP contribution in [0.5, 0.6) is 5.75 Å². The number of phenols is 1. The lowest BCUT2D eigenvalue weighted by molar-refractivity contribution is 0.476. The fourth-order valence-electron chi connectivity index (χ4n) is 1.75. The molecule has 0 fully saturated rings. The van der Waals surface area contributed by atoms with Gasteiger partial charge in [0.2, 0.25) is 0 Å². The van der Waals surface area contributed by atoms with Gasteiger partial charge in [0.05, 0.1) is 6.20 Å². The molecule has 1 aromatic carbocycles. The van der Waals surface area contributed by atoms with Crippen molar-refractivity contribution in [3.8, 4) is 16.9 Å². The second-order valence-electron chi connectivity index (χ2n) is 4.24. The van der Waals surface area contributed by atoms with Gasteiger partial charge >= 0.3 is 0 Å². The summed E-state index contributed by atoms with van der Waals surface area (Å²) >= 11 is 6.18. The van der Waals surface area contributed by atoms with E-state index in [9.17, 15) is 5.11 Å². The summed E-state index contributed by atoms with van der Waals surface area (Å²) in [6.45, 7) is 4.04. The molecule has 1 aromatic heterocycles. The molecule has 17 heavy (non-hydrogen) atoms. The highest BCUT2D eigenvalue weighted by atomic mass is 35.5. The predicted octanol–water partition coefficient (Wildman–Crippen LogP) is 3.14. The number of nitrogens with two attached hydrogens (primary N) is 1. The Labute approximate surface area is 104 Å². The first-order valence-corrected chi connectivity index (χ1v) is 5.70. The molecule has 4 nitrogen and oxygen atoms in total. The van der Waals surface area contributed by atoms with Gasteiger partial charge in [-0.15, -0.1) is 0 Å². The van der Waals surface area contributed by atoms with Gasteiger partial charge in [-0.2, -0.15) is 5.10 Å². The Balaban J connectivity index is 2.58. The number of hydrogen-bond donors (Lipinski definition) is 3. The van der Waals surface area contributed by atoms with E-state index in [-0.39, 0.29) is 11.7 Å². The molecule has 0 bridgehead atoms. The van der Waals surface area contributed by atoms with Crippen LogP contribution in [0.2, 0.25) is 5.02 Å². The van der Waals surface area contributed by atoms with E-state index >= 15 is 0 Å². The van der Waals surface area contributed by atoms with Crippen LogP contribution in [-0.2, 0) is 0 Å². The van der Waals surface area contributed by atoms with E-state index in [0.717, 1.165) is 5.56 Å². The summed E-state index contributed by atoms with van der Waals surface area (Å²) in [5.74, 6) is 0.823. The highest BCUT2D eigenvalue weighted by molar-refractivity contribution is 6.31. The van der Waals surface area contributed by atoms with Crippen LogP contribution >= 0.6 is 11.6 Å². The van der Waals surface area contributed by atoms with Crippen molar-refractivity contribution in [2.45, 2.75) is 19.8 Å². The van der Waals surface area contributed by atoms with Gasteiger partial charge in [0.15, 0.2) is 0 Å². The minimum atomic E-state index is 0.159. The molecule has 0 unspecified atom stereocenters. The number of H-pyrrole nitrogens is 1. The number of halogens is 1. The van der Waals surface area contributed by atoms with Crippen LogP contribution in [0, 0.1) is 0 Å². The van der Waals surface area contributed by atoms with Gasteiger partial charge < -0.3 is 10.8 Å². The second-order valence-corrected chi connectivity index (χ2v) is 4.65. The Hall–Kier alpha value is -1.68. The van der Waals surface area contributed by atoms with Crippen molar-refractivity contribution in [1.82, 2.24) is 10.2 Å². The zero-order valence-electron chi connectivity index (χ0n) is 9.66. The average Bonchev–Trinajstić information content (AvgIpc) is 2.67. The van der Waals surface area contributed by atoms with Crippen molar-refractivity contribution in [2.75, 3.05) is 5.73 Å². The number of nitrogens with one attached hydrogen (secondary N) is 1. The fourth-order valence-corrected chi connectivity index (χ4v) is 2.13. The molecule has 0 aliphatic carbocycles. The van der Waals surface area contributed by atoms with E-state index in [4.69, 9.17) is 17.3 Å². The second kappa shape index (κ2) is 4.30. The Kier molecular flexibility index (Phi) is 2.98. The van der Waals surface area contributed by atoms with E-state index in [2.05, 4.69) is 10.2 Å². The zero-order valence-corrected chi connectivity index (χ0v) is 10.4. The number of aromatic nitrogens is 2. The van der Waals surface area contributed by atoms with Crippen molar-refractivity contribution in [3.63, 3.8) is 0 Å². The number of nitrogen functional groups attached to an aromatic ring is 1. The topological polar surface area (TPSA) is 74.9 Å². The van der Waals surface area contributed by atoms with Crippen LogP contribution in [0.1, 0.15) is 25.3 Å². The molecule has 0 saturated carbocycles. The molecule has 0 radical (unpaired) electrons. The van der Waals surface area contributed by atoms with Gasteiger partial charge in [0.25, 0.3) is 0 Å². The number of aromatic amines is 1. The molecule has 0 aliphatic heterocycles. The normalized spacial score (nSPS) is 11.1. The molecule has 0 spiro atoms. The Morgan fingerprint density at radius 1 is 1.35 bits per heavy atom. The summed E-state index contributed by atoms with van der Waals surface area (Å²) in [5, 5.41) is 17.1. The van der Waals surface area contributed by atoms with Crippen molar-refractivity contribution < 1.29 is 5.11 Å². The van der Waals surface area contributed by atoms with E-state index in [1.54, 1.807) is 18.3 Å². The minimum Gasteiger partial charge on any atom is -0.507 e. The van der Waals surface area contributed by atoms with Crippen LogP contribution in [0.25, 0.3) is 11.1 Å². The largest absolute Gasteiger partial charge is 0.507 e. The summed E-state index contributed by atoms with van der Waals surface area (Å²) < 4.78 is 0. The van der Waals surface area contributed by atoms with E-state index in [1.165, 1.54) is 0 Å². The standard InChI is InChI=1S/C12H14ClN3O/c1-6(2)7-4-11(17)8(3-10(7)13)9-5-15-16-12(9)14/h3-6,17H,1-2H3,(H3,14,15,16). The molecule has 5 heteroatoms. The molecule has 1 heterocycles. The van der Waals surface area contributed by atoms with E-state index in [0.29, 0.717) is 22.0 Å². The zero-order chi connectivity index (χ0) is 12.6. The number of aromatic hydroxyl groups is 1. The third-order valence-electron chi connectivity index (χ3n) is 2.70. The van der Waals surface area contributed by atoms with Crippen LogP contribution in [0.4, 0.5) is 5.82 Å².